The normalized spacial score (nSPS) is 18.2. The highest BCUT2D eigenvalue weighted by Gasteiger charge is 2.47. The van der Waals surface area contributed by atoms with Crippen molar-refractivity contribution in [2.24, 2.45) is 0 Å². The average Bonchev–Trinajstić information content (AvgIpc) is 3.00. The number of amides is 1. The zero-order chi connectivity index (χ0) is 20.5. The molecule has 2 heterocycles. The van der Waals surface area contributed by atoms with E-state index in [1.807, 2.05) is 0 Å². The Morgan fingerprint density at radius 1 is 0.966 bits per heavy atom. The van der Waals surface area contributed by atoms with Gasteiger partial charge in [-0.1, -0.05) is 23.7 Å². The van der Waals surface area contributed by atoms with Gasteiger partial charge in [0.15, 0.2) is 0 Å². The number of Topliss-reactive ketones (excluding diaryl/α,β-unsaturated/α-hetero) is 1. The van der Waals surface area contributed by atoms with Crippen molar-refractivity contribution in [1.29, 1.82) is 0 Å². The van der Waals surface area contributed by atoms with Gasteiger partial charge in [0.1, 0.15) is 11.5 Å². The Kier molecular flexibility index (Phi) is 4.78. The van der Waals surface area contributed by atoms with Crippen molar-refractivity contribution in [3.63, 3.8) is 0 Å². The zero-order valence-corrected chi connectivity index (χ0v) is 15.7. The molecule has 4 rings (SSSR count). The number of ketones is 1. The van der Waals surface area contributed by atoms with Gasteiger partial charge in [-0.3, -0.25) is 19.5 Å². The standard InChI is InChI=1S/C22H15ClN2O4/c23-15-7-5-14(6-8-15)20(27)18-19(13-9-11-24-12-10-13)25(22(29)21(18)28)16-3-1-2-4-17(16)26/h1-12,19,26-27H/b20-18+. The third-order valence-electron chi connectivity index (χ3n) is 4.73. The van der Waals surface area contributed by atoms with E-state index in [1.165, 1.54) is 29.4 Å². The maximum absolute atomic E-state index is 12.9. The summed E-state index contributed by atoms with van der Waals surface area (Å²) < 4.78 is 0. The Bertz CT molecular complexity index is 1130. The summed E-state index contributed by atoms with van der Waals surface area (Å²) >= 11 is 5.91. The van der Waals surface area contributed by atoms with Crippen LogP contribution in [0, 0.1) is 0 Å². The molecule has 0 radical (unpaired) electrons. The number of aliphatic hydroxyl groups excluding tert-OH is 1. The molecular weight excluding hydrogens is 392 g/mol. The lowest BCUT2D eigenvalue weighted by Crippen LogP contribution is -2.29. The fraction of sp³-hybridized carbons (Fsp3) is 0.0455. The van der Waals surface area contributed by atoms with Gasteiger partial charge in [0.2, 0.25) is 0 Å². The van der Waals surface area contributed by atoms with E-state index in [2.05, 4.69) is 4.98 Å². The molecule has 0 aliphatic carbocycles. The number of phenols is 1. The van der Waals surface area contributed by atoms with Gasteiger partial charge in [0, 0.05) is 23.0 Å². The van der Waals surface area contributed by atoms with E-state index in [-0.39, 0.29) is 22.8 Å². The SMILES string of the molecule is O=C1C(=O)N(c2ccccc2O)C(c2ccncc2)/C1=C(\O)c1ccc(Cl)cc1. The Balaban J connectivity index is 1.96. The quantitative estimate of drug-likeness (QED) is 0.389. The van der Waals surface area contributed by atoms with Crippen molar-refractivity contribution in [3.05, 3.63) is 94.8 Å². The molecule has 2 N–H and O–H groups in total. The second-order valence-corrected chi connectivity index (χ2v) is 6.88. The topological polar surface area (TPSA) is 90.7 Å². The van der Waals surface area contributed by atoms with E-state index in [1.54, 1.807) is 48.5 Å². The van der Waals surface area contributed by atoms with Gasteiger partial charge in [-0.15, -0.1) is 0 Å². The monoisotopic (exact) mass is 406 g/mol. The van der Waals surface area contributed by atoms with Crippen LogP contribution < -0.4 is 4.90 Å². The molecule has 3 aromatic rings. The minimum absolute atomic E-state index is 0.0771. The fourth-order valence-corrected chi connectivity index (χ4v) is 3.50. The highest BCUT2D eigenvalue weighted by Crippen LogP contribution is 2.44. The summed E-state index contributed by atoms with van der Waals surface area (Å²) in [5.41, 5.74) is 1.01. The molecule has 0 saturated carbocycles. The number of phenolic OH excluding ortho intramolecular Hbond substituents is 1. The predicted octanol–water partition coefficient (Wildman–Crippen LogP) is 4.07. The number of benzene rings is 2. The van der Waals surface area contributed by atoms with Crippen LogP contribution in [0.5, 0.6) is 5.75 Å². The molecule has 1 atom stereocenters. The zero-order valence-electron chi connectivity index (χ0n) is 15.0. The Labute approximate surface area is 171 Å². The molecule has 1 saturated heterocycles. The number of carbonyl (C=O) groups excluding carboxylic acids is 2. The summed E-state index contributed by atoms with van der Waals surface area (Å²) in [6.07, 6.45) is 3.06. The number of aromatic hydroxyl groups is 1. The van der Waals surface area contributed by atoms with Crippen LogP contribution in [-0.2, 0) is 9.59 Å². The van der Waals surface area contributed by atoms with Crippen molar-refractivity contribution in [2.45, 2.75) is 6.04 Å². The molecule has 1 aromatic heterocycles. The second kappa shape index (κ2) is 7.41. The van der Waals surface area contributed by atoms with E-state index in [9.17, 15) is 19.8 Å². The number of halogens is 1. The molecular formula is C22H15ClN2O4. The van der Waals surface area contributed by atoms with Crippen molar-refractivity contribution >= 4 is 34.7 Å². The molecule has 0 spiro atoms. The molecule has 29 heavy (non-hydrogen) atoms. The number of nitrogens with zero attached hydrogens (tertiary/aromatic N) is 2. The number of para-hydroxylation sites is 2. The summed E-state index contributed by atoms with van der Waals surface area (Å²) in [6.45, 7) is 0. The highest BCUT2D eigenvalue weighted by molar-refractivity contribution is 6.51. The minimum atomic E-state index is -0.929. The fourth-order valence-electron chi connectivity index (χ4n) is 3.37. The number of carbonyl (C=O) groups is 2. The third kappa shape index (κ3) is 3.23. The van der Waals surface area contributed by atoms with Crippen LogP contribution >= 0.6 is 11.6 Å². The number of pyridine rings is 1. The van der Waals surface area contributed by atoms with Crippen LogP contribution in [0.1, 0.15) is 17.2 Å². The third-order valence-corrected chi connectivity index (χ3v) is 4.98. The Morgan fingerprint density at radius 2 is 1.62 bits per heavy atom. The molecule has 7 heteroatoms. The Hall–Kier alpha value is -3.64. The van der Waals surface area contributed by atoms with Gasteiger partial charge >= 0.3 is 0 Å². The number of aromatic nitrogens is 1. The first-order valence-corrected chi connectivity index (χ1v) is 9.11. The van der Waals surface area contributed by atoms with Crippen LogP contribution in [0.2, 0.25) is 5.02 Å². The first-order chi connectivity index (χ1) is 14.0. The maximum atomic E-state index is 12.9. The number of anilines is 1. The van der Waals surface area contributed by atoms with E-state index in [4.69, 9.17) is 11.6 Å². The van der Waals surface area contributed by atoms with Crippen LogP contribution in [0.4, 0.5) is 5.69 Å². The minimum Gasteiger partial charge on any atom is -0.507 e. The Morgan fingerprint density at radius 3 is 2.28 bits per heavy atom. The summed E-state index contributed by atoms with van der Waals surface area (Å²) in [5.74, 6) is -2.16. The van der Waals surface area contributed by atoms with Crippen LogP contribution in [0.15, 0.2) is 78.6 Å². The van der Waals surface area contributed by atoms with Gasteiger partial charge in [0.05, 0.1) is 17.3 Å². The lowest BCUT2D eigenvalue weighted by atomic mass is 9.96. The van der Waals surface area contributed by atoms with Gasteiger partial charge < -0.3 is 10.2 Å². The second-order valence-electron chi connectivity index (χ2n) is 6.45. The largest absolute Gasteiger partial charge is 0.507 e. The first kappa shape index (κ1) is 18.7. The van der Waals surface area contributed by atoms with Crippen molar-refractivity contribution < 1.29 is 19.8 Å². The van der Waals surface area contributed by atoms with E-state index in [0.29, 0.717) is 16.1 Å². The molecule has 1 fully saturated rings. The number of hydrogen-bond donors (Lipinski definition) is 2. The molecule has 0 bridgehead atoms. The lowest BCUT2D eigenvalue weighted by molar-refractivity contribution is -0.132. The molecule has 144 valence electrons. The maximum Gasteiger partial charge on any atom is 0.300 e. The van der Waals surface area contributed by atoms with Gasteiger partial charge in [-0.05, 0) is 54.1 Å². The molecule has 1 amide bonds. The number of rotatable bonds is 3. The number of aliphatic hydroxyl groups is 1. The summed E-state index contributed by atoms with van der Waals surface area (Å²) in [5, 5.41) is 21.7. The predicted molar refractivity (Wildman–Crippen MR) is 109 cm³/mol. The van der Waals surface area contributed by atoms with Crippen LogP contribution in [0.3, 0.4) is 0 Å². The summed E-state index contributed by atoms with van der Waals surface area (Å²) in [4.78, 5) is 31.0. The van der Waals surface area contributed by atoms with Gasteiger partial charge in [-0.2, -0.15) is 0 Å². The van der Waals surface area contributed by atoms with Crippen molar-refractivity contribution in [3.8, 4) is 5.75 Å². The summed E-state index contributed by atoms with van der Waals surface area (Å²) in [6, 6.07) is 14.9. The molecule has 6 nitrogen and oxygen atoms in total. The van der Waals surface area contributed by atoms with E-state index < -0.39 is 17.7 Å². The lowest BCUT2D eigenvalue weighted by Gasteiger charge is -2.25. The molecule has 1 unspecified atom stereocenters. The van der Waals surface area contributed by atoms with E-state index >= 15 is 0 Å². The van der Waals surface area contributed by atoms with Gasteiger partial charge in [-0.25, -0.2) is 0 Å². The van der Waals surface area contributed by atoms with Crippen LogP contribution in [-0.4, -0.2) is 26.9 Å². The van der Waals surface area contributed by atoms with Gasteiger partial charge in [0.25, 0.3) is 11.7 Å². The summed E-state index contributed by atoms with van der Waals surface area (Å²) in [7, 11) is 0. The van der Waals surface area contributed by atoms with E-state index in [0.717, 1.165) is 0 Å². The number of hydrogen-bond acceptors (Lipinski definition) is 5. The average molecular weight is 407 g/mol. The van der Waals surface area contributed by atoms with Crippen molar-refractivity contribution in [1.82, 2.24) is 4.98 Å². The molecule has 1 aliphatic heterocycles. The molecule has 2 aromatic carbocycles. The highest BCUT2D eigenvalue weighted by atomic mass is 35.5. The van der Waals surface area contributed by atoms with Crippen LogP contribution in [0.25, 0.3) is 5.76 Å². The van der Waals surface area contributed by atoms with Crippen molar-refractivity contribution in [2.75, 3.05) is 4.90 Å². The smallest absolute Gasteiger partial charge is 0.300 e. The molecule has 1 aliphatic rings. The first-order valence-electron chi connectivity index (χ1n) is 8.74.